The van der Waals surface area contributed by atoms with Gasteiger partial charge in [-0.2, -0.15) is 9.57 Å². The molecule has 114 valence electrons. The molecule has 1 aliphatic rings. The van der Waals surface area contributed by atoms with Gasteiger partial charge in [0, 0.05) is 20.2 Å². The molecule has 1 atom stereocenters. The summed E-state index contributed by atoms with van der Waals surface area (Å²) < 4.78 is 31.9. The van der Waals surface area contributed by atoms with Crippen LogP contribution in [-0.4, -0.2) is 39.0 Å². The highest BCUT2D eigenvalue weighted by atomic mass is 35.5. The predicted octanol–water partition coefficient (Wildman–Crippen LogP) is 2.40. The van der Waals surface area contributed by atoms with Gasteiger partial charge in [-0.05, 0) is 37.5 Å². The molecule has 0 aromatic heterocycles. The predicted molar refractivity (Wildman–Crippen MR) is 79.6 cm³/mol. The van der Waals surface area contributed by atoms with E-state index in [0.29, 0.717) is 18.7 Å². The van der Waals surface area contributed by atoms with Crippen molar-refractivity contribution in [2.24, 2.45) is 0 Å². The van der Waals surface area contributed by atoms with Gasteiger partial charge in [-0.25, -0.2) is 8.42 Å². The number of benzene rings is 1. The van der Waals surface area contributed by atoms with Crippen molar-refractivity contribution in [3.05, 3.63) is 28.8 Å². The Hall–Kier alpha value is -1.13. The van der Waals surface area contributed by atoms with E-state index in [0.717, 1.165) is 19.3 Å². The molecule has 1 aliphatic heterocycles. The van der Waals surface area contributed by atoms with Crippen molar-refractivity contribution in [1.29, 1.82) is 5.26 Å². The van der Waals surface area contributed by atoms with E-state index >= 15 is 0 Å². The van der Waals surface area contributed by atoms with Gasteiger partial charge in [-0.3, -0.25) is 0 Å². The zero-order valence-corrected chi connectivity index (χ0v) is 13.3. The fourth-order valence-electron chi connectivity index (χ4n) is 2.28. The van der Waals surface area contributed by atoms with Gasteiger partial charge < -0.3 is 4.74 Å². The number of nitriles is 1. The molecule has 1 fully saturated rings. The maximum absolute atomic E-state index is 12.5. The summed E-state index contributed by atoms with van der Waals surface area (Å²) in [6, 6.07) is 6.11. The maximum Gasteiger partial charge on any atom is 0.244 e. The zero-order valence-electron chi connectivity index (χ0n) is 11.8. The van der Waals surface area contributed by atoms with Crippen LogP contribution in [0.5, 0.6) is 0 Å². The Bertz CT molecular complexity index is 649. The molecule has 1 saturated heterocycles. The number of sulfonamides is 1. The van der Waals surface area contributed by atoms with Gasteiger partial charge in [0.1, 0.15) is 4.90 Å². The molecule has 0 N–H and O–H groups in total. The topological polar surface area (TPSA) is 70.4 Å². The molecule has 0 radical (unpaired) electrons. The average molecular weight is 329 g/mol. The summed E-state index contributed by atoms with van der Waals surface area (Å²) in [6.45, 7) is 0.981. The first kappa shape index (κ1) is 16.2. The second kappa shape index (κ2) is 6.75. The molecule has 21 heavy (non-hydrogen) atoms. The van der Waals surface area contributed by atoms with Crippen LogP contribution in [-0.2, 0) is 14.8 Å². The minimum Gasteiger partial charge on any atom is -0.377 e. The average Bonchev–Trinajstić information content (AvgIpc) is 2.47. The molecule has 0 unspecified atom stereocenters. The summed E-state index contributed by atoms with van der Waals surface area (Å²) in [6.07, 6.45) is 2.86. The Morgan fingerprint density at radius 2 is 2.24 bits per heavy atom. The summed E-state index contributed by atoms with van der Waals surface area (Å²) in [4.78, 5) is 0.0153. The van der Waals surface area contributed by atoms with Crippen LogP contribution in [0, 0.1) is 11.3 Å². The minimum atomic E-state index is -3.68. The van der Waals surface area contributed by atoms with Gasteiger partial charge in [-0.1, -0.05) is 11.6 Å². The number of hydrogen-bond acceptors (Lipinski definition) is 4. The van der Waals surface area contributed by atoms with Crippen molar-refractivity contribution < 1.29 is 13.2 Å². The molecular weight excluding hydrogens is 312 g/mol. The van der Waals surface area contributed by atoms with E-state index in [2.05, 4.69) is 0 Å². The van der Waals surface area contributed by atoms with E-state index in [1.165, 1.54) is 29.6 Å². The molecule has 7 heteroatoms. The third-order valence-corrected chi connectivity index (χ3v) is 5.79. The SMILES string of the molecule is CN(C[C@H]1CCCCO1)S(=O)(=O)c1ccc(C#N)cc1Cl. The van der Waals surface area contributed by atoms with E-state index in [1.807, 2.05) is 6.07 Å². The summed E-state index contributed by atoms with van der Waals surface area (Å²) in [7, 11) is -2.17. The van der Waals surface area contributed by atoms with Gasteiger partial charge in [0.2, 0.25) is 10.0 Å². The Morgan fingerprint density at radius 3 is 2.81 bits per heavy atom. The normalized spacial score (nSPS) is 19.4. The monoisotopic (exact) mass is 328 g/mol. The van der Waals surface area contributed by atoms with Crippen LogP contribution in [0.4, 0.5) is 0 Å². The minimum absolute atomic E-state index is 0.0153. The third kappa shape index (κ3) is 3.74. The number of nitrogens with zero attached hydrogens (tertiary/aromatic N) is 2. The lowest BCUT2D eigenvalue weighted by Crippen LogP contribution is -2.37. The molecule has 5 nitrogen and oxygen atoms in total. The van der Waals surface area contributed by atoms with Crippen LogP contribution in [0.2, 0.25) is 5.02 Å². The summed E-state index contributed by atoms with van der Waals surface area (Å²) in [5, 5.41) is 8.86. The Labute approximate surface area is 130 Å². The van der Waals surface area contributed by atoms with Gasteiger partial charge in [0.05, 0.1) is 22.8 Å². The number of ether oxygens (including phenoxy) is 1. The Balaban J connectivity index is 2.18. The highest BCUT2D eigenvalue weighted by molar-refractivity contribution is 7.89. The highest BCUT2D eigenvalue weighted by Gasteiger charge is 2.27. The first-order valence-electron chi connectivity index (χ1n) is 6.72. The van der Waals surface area contributed by atoms with Crippen LogP contribution in [0.1, 0.15) is 24.8 Å². The summed E-state index contributed by atoms with van der Waals surface area (Å²) >= 11 is 5.99. The van der Waals surface area contributed by atoms with Crippen molar-refractivity contribution in [3.63, 3.8) is 0 Å². The Kier molecular flexibility index (Phi) is 5.22. The standard InChI is InChI=1S/C14H17ClN2O3S/c1-17(10-12-4-2-3-7-20-12)21(18,19)14-6-5-11(9-16)8-13(14)15/h5-6,8,12H,2-4,7,10H2,1H3/t12-/m1/s1. The number of likely N-dealkylation sites (N-methyl/N-ethyl adjacent to an activating group) is 1. The molecule has 0 aliphatic carbocycles. The molecule has 2 rings (SSSR count). The van der Waals surface area contributed by atoms with Crippen LogP contribution in [0.15, 0.2) is 23.1 Å². The van der Waals surface area contributed by atoms with Crippen molar-refractivity contribution in [2.45, 2.75) is 30.3 Å². The van der Waals surface area contributed by atoms with Crippen molar-refractivity contribution in [1.82, 2.24) is 4.31 Å². The van der Waals surface area contributed by atoms with Crippen LogP contribution in [0.3, 0.4) is 0 Å². The molecule has 1 heterocycles. The molecule has 0 bridgehead atoms. The van der Waals surface area contributed by atoms with Gasteiger partial charge >= 0.3 is 0 Å². The smallest absolute Gasteiger partial charge is 0.244 e. The lowest BCUT2D eigenvalue weighted by Gasteiger charge is -2.27. The fourth-order valence-corrected chi connectivity index (χ4v) is 4.00. The second-order valence-electron chi connectivity index (χ2n) is 5.03. The van der Waals surface area contributed by atoms with Crippen LogP contribution in [0.25, 0.3) is 0 Å². The highest BCUT2D eigenvalue weighted by Crippen LogP contribution is 2.26. The van der Waals surface area contributed by atoms with E-state index in [-0.39, 0.29) is 16.0 Å². The molecule has 1 aromatic carbocycles. The number of halogens is 1. The summed E-state index contributed by atoms with van der Waals surface area (Å²) in [5.74, 6) is 0. The van der Waals surface area contributed by atoms with Gasteiger partial charge in [-0.15, -0.1) is 0 Å². The van der Waals surface area contributed by atoms with E-state index in [4.69, 9.17) is 21.6 Å². The zero-order chi connectivity index (χ0) is 15.5. The van der Waals surface area contributed by atoms with Gasteiger partial charge in [0.15, 0.2) is 0 Å². The molecule has 1 aromatic rings. The van der Waals surface area contributed by atoms with E-state index in [9.17, 15) is 8.42 Å². The molecular formula is C14H17ClN2O3S. The first-order chi connectivity index (χ1) is 9.95. The summed E-state index contributed by atoms with van der Waals surface area (Å²) in [5.41, 5.74) is 0.331. The fraction of sp³-hybridized carbons (Fsp3) is 0.500. The molecule has 0 spiro atoms. The molecule has 0 saturated carbocycles. The first-order valence-corrected chi connectivity index (χ1v) is 8.54. The van der Waals surface area contributed by atoms with E-state index in [1.54, 1.807) is 0 Å². The lowest BCUT2D eigenvalue weighted by atomic mass is 10.1. The maximum atomic E-state index is 12.5. The van der Waals surface area contributed by atoms with Crippen molar-refractivity contribution >= 4 is 21.6 Å². The Morgan fingerprint density at radius 1 is 1.48 bits per heavy atom. The third-order valence-electron chi connectivity index (χ3n) is 3.48. The second-order valence-corrected chi connectivity index (χ2v) is 7.45. The number of hydrogen-bond donors (Lipinski definition) is 0. The van der Waals surface area contributed by atoms with Crippen LogP contribution < -0.4 is 0 Å². The van der Waals surface area contributed by atoms with Crippen LogP contribution >= 0.6 is 11.6 Å². The van der Waals surface area contributed by atoms with Crippen molar-refractivity contribution in [2.75, 3.05) is 20.2 Å². The van der Waals surface area contributed by atoms with Gasteiger partial charge in [0.25, 0.3) is 0 Å². The van der Waals surface area contributed by atoms with Crippen molar-refractivity contribution in [3.8, 4) is 6.07 Å². The molecule has 0 amide bonds. The lowest BCUT2D eigenvalue weighted by molar-refractivity contribution is 0.00858. The van der Waals surface area contributed by atoms with E-state index < -0.39 is 10.0 Å². The quantitative estimate of drug-likeness (QED) is 0.851. The number of rotatable bonds is 4. The largest absolute Gasteiger partial charge is 0.377 e.